The summed E-state index contributed by atoms with van der Waals surface area (Å²) in [5, 5.41) is 0. The Kier molecular flexibility index (Phi) is 3.55. The summed E-state index contributed by atoms with van der Waals surface area (Å²) in [5.74, 6) is -0.318. The van der Waals surface area contributed by atoms with Gasteiger partial charge in [0, 0.05) is 12.4 Å². The molecule has 0 fully saturated rings. The zero-order valence-electron chi connectivity index (χ0n) is 9.61. The molecule has 0 N–H and O–H groups in total. The van der Waals surface area contributed by atoms with Crippen LogP contribution in [0.2, 0.25) is 0 Å². The quantitative estimate of drug-likeness (QED) is 0.746. The third-order valence-electron chi connectivity index (χ3n) is 2.47. The van der Waals surface area contributed by atoms with Crippen LogP contribution in [-0.4, -0.2) is 30.0 Å². The largest absolute Gasteiger partial charge is 0.438 e. The first-order chi connectivity index (χ1) is 8.27. The zero-order valence-corrected chi connectivity index (χ0v) is 9.61. The van der Waals surface area contributed by atoms with E-state index in [0.717, 1.165) is 0 Å². The molecule has 0 saturated heterocycles. The predicted molar refractivity (Wildman–Crippen MR) is 65.7 cm³/mol. The summed E-state index contributed by atoms with van der Waals surface area (Å²) in [5.41, 5.74) is 0.559. The Labute approximate surface area is 100 Å². The minimum Gasteiger partial charge on any atom is -0.438 e. The van der Waals surface area contributed by atoms with E-state index in [9.17, 15) is 4.79 Å². The number of esters is 1. The maximum absolute atomic E-state index is 11.8. The second-order valence-electron chi connectivity index (χ2n) is 3.70. The molecule has 1 unspecified atom stereocenters. The molecule has 4 heteroatoms. The van der Waals surface area contributed by atoms with Crippen molar-refractivity contribution in [3.05, 3.63) is 48.2 Å². The second-order valence-corrected chi connectivity index (χ2v) is 3.70. The monoisotopic (exact) mass is 230 g/mol. The minimum absolute atomic E-state index is 0.318. The molecule has 88 valence electrons. The summed E-state index contributed by atoms with van der Waals surface area (Å²) in [7, 11) is 0. The van der Waals surface area contributed by atoms with Gasteiger partial charge in [-0.05, 0) is 25.1 Å². The van der Waals surface area contributed by atoms with E-state index in [1.165, 1.54) is 0 Å². The number of rotatable bonds is 3. The van der Waals surface area contributed by atoms with E-state index in [-0.39, 0.29) is 12.2 Å². The Morgan fingerprint density at radius 2 is 2.18 bits per heavy atom. The van der Waals surface area contributed by atoms with Gasteiger partial charge < -0.3 is 9.64 Å². The maximum Gasteiger partial charge on any atom is 0.340 e. The van der Waals surface area contributed by atoms with E-state index < -0.39 is 0 Å². The summed E-state index contributed by atoms with van der Waals surface area (Å²) in [4.78, 5) is 17.7. The van der Waals surface area contributed by atoms with E-state index in [0.29, 0.717) is 12.2 Å². The lowest BCUT2D eigenvalue weighted by atomic mass is 10.2. The molecular weight excluding hydrogens is 216 g/mol. The fourth-order valence-electron chi connectivity index (χ4n) is 1.50. The van der Waals surface area contributed by atoms with Crippen LogP contribution in [-0.2, 0) is 4.74 Å². The van der Waals surface area contributed by atoms with E-state index in [2.05, 4.69) is 4.99 Å². The van der Waals surface area contributed by atoms with Crippen molar-refractivity contribution >= 4 is 12.2 Å². The third-order valence-corrected chi connectivity index (χ3v) is 2.47. The van der Waals surface area contributed by atoms with Crippen molar-refractivity contribution in [1.29, 1.82) is 0 Å². The van der Waals surface area contributed by atoms with Crippen LogP contribution in [0.25, 0.3) is 0 Å². The van der Waals surface area contributed by atoms with Gasteiger partial charge in [0.25, 0.3) is 0 Å². The van der Waals surface area contributed by atoms with Crippen molar-refractivity contribution in [2.24, 2.45) is 4.99 Å². The Balaban J connectivity index is 1.95. The molecule has 0 amide bonds. The van der Waals surface area contributed by atoms with Gasteiger partial charge in [0.1, 0.15) is 6.67 Å². The highest BCUT2D eigenvalue weighted by atomic mass is 16.6. The van der Waals surface area contributed by atoms with Crippen molar-refractivity contribution < 1.29 is 9.53 Å². The van der Waals surface area contributed by atoms with Crippen molar-refractivity contribution in [2.75, 3.05) is 6.67 Å². The number of benzene rings is 1. The number of allylic oxidation sites excluding steroid dienone is 1. The van der Waals surface area contributed by atoms with Crippen LogP contribution in [0.1, 0.15) is 17.3 Å². The zero-order chi connectivity index (χ0) is 12.1. The third kappa shape index (κ3) is 2.93. The molecule has 4 nitrogen and oxygen atoms in total. The lowest BCUT2D eigenvalue weighted by Gasteiger charge is -2.26. The van der Waals surface area contributed by atoms with Crippen LogP contribution < -0.4 is 0 Å². The van der Waals surface area contributed by atoms with Gasteiger partial charge in [-0.2, -0.15) is 0 Å². The lowest BCUT2D eigenvalue weighted by molar-refractivity contribution is -0.00579. The van der Waals surface area contributed by atoms with Gasteiger partial charge in [-0.25, -0.2) is 4.79 Å². The summed E-state index contributed by atoms with van der Waals surface area (Å²) in [6.07, 6.45) is 5.07. The molecule has 0 saturated carbocycles. The summed E-state index contributed by atoms with van der Waals surface area (Å²) >= 11 is 0. The van der Waals surface area contributed by atoms with Gasteiger partial charge >= 0.3 is 5.97 Å². The van der Waals surface area contributed by atoms with Gasteiger partial charge in [-0.15, -0.1) is 0 Å². The van der Waals surface area contributed by atoms with Crippen LogP contribution in [0.15, 0.2) is 47.6 Å². The molecule has 1 aromatic rings. The lowest BCUT2D eigenvalue weighted by Crippen LogP contribution is -2.33. The van der Waals surface area contributed by atoms with Crippen molar-refractivity contribution in [3.63, 3.8) is 0 Å². The van der Waals surface area contributed by atoms with Gasteiger partial charge in [0.2, 0.25) is 0 Å². The number of hydrogen-bond acceptors (Lipinski definition) is 4. The molecular formula is C13H14N2O2. The highest BCUT2D eigenvalue weighted by Crippen LogP contribution is 2.08. The standard InChI is InChI=1S/C13H14N2O2/c1-11(15-9-5-8-14-10-15)17-13(16)12-6-3-2-4-7-12/h2-9,11H,10H2,1H3. The topological polar surface area (TPSA) is 41.9 Å². The van der Waals surface area contributed by atoms with Crippen LogP contribution in [0, 0.1) is 0 Å². The maximum atomic E-state index is 11.8. The molecule has 1 heterocycles. The number of aliphatic imine (C=N–C) groups is 1. The number of ether oxygens (including phenoxy) is 1. The van der Waals surface area contributed by atoms with Gasteiger partial charge in [-0.1, -0.05) is 18.2 Å². The Bertz CT molecular complexity index is 440. The van der Waals surface area contributed by atoms with Gasteiger partial charge in [0.05, 0.1) is 5.56 Å². The predicted octanol–water partition coefficient (Wildman–Crippen LogP) is 2.05. The molecule has 1 atom stereocenters. The van der Waals surface area contributed by atoms with Crippen molar-refractivity contribution in [1.82, 2.24) is 4.90 Å². The molecule has 0 spiro atoms. The molecule has 1 aromatic carbocycles. The van der Waals surface area contributed by atoms with E-state index in [4.69, 9.17) is 4.74 Å². The Hall–Kier alpha value is -2.10. The molecule has 1 aliphatic heterocycles. The molecule has 17 heavy (non-hydrogen) atoms. The summed E-state index contributed by atoms with van der Waals surface area (Å²) in [6.45, 7) is 2.34. The Morgan fingerprint density at radius 3 is 2.82 bits per heavy atom. The molecule has 0 aromatic heterocycles. The second kappa shape index (κ2) is 5.30. The van der Waals surface area contributed by atoms with Gasteiger partial charge in [-0.3, -0.25) is 4.99 Å². The first-order valence-corrected chi connectivity index (χ1v) is 5.46. The highest BCUT2D eigenvalue weighted by molar-refractivity contribution is 5.89. The summed E-state index contributed by atoms with van der Waals surface area (Å²) < 4.78 is 5.34. The number of hydrogen-bond donors (Lipinski definition) is 0. The molecule has 1 aliphatic rings. The van der Waals surface area contributed by atoms with Crippen molar-refractivity contribution in [3.8, 4) is 0 Å². The minimum atomic E-state index is -0.323. The molecule has 0 aliphatic carbocycles. The highest BCUT2D eigenvalue weighted by Gasteiger charge is 2.16. The average molecular weight is 230 g/mol. The van der Waals surface area contributed by atoms with Gasteiger partial charge in [0.15, 0.2) is 6.23 Å². The van der Waals surface area contributed by atoms with Crippen LogP contribution in [0.5, 0.6) is 0 Å². The number of carbonyl (C=O) groups excluding carboxylic acids is 1. The molecule has 0 bridgehead atoms. The first kappa shape index (κ1) is 11.4. The first-order valence-electron chi connectivity index (χ1n) is 5.46. The van der Waals surface area contributed by atoms with E-state index in [1.807, 2.05) is 42.3 Å². The summed E-state index contributed by atoms with van der Waals surface area (Å²) in [6, 6.07) is 8.96. The number of carbonyl (C=O) groups is 1. The molecule has 2 rings (SSSR count). The van der Waals surface area contributed by atoms with Crippen molar-refractivity contribution in [2.45, 2.75) is 13.2 Å². The normalized spacial score (nSPS) is 15.7. The number of nitrogens with zero attached hydrogens (tertiary/aromatic N) is 2. The van der Waals surface area contributed by atoms with Crippen LogP contribution in [0.4, 0.5) is 0 Å². The SMILES string of the molecule is CC(OC(=O)c1ccccc1)N1C=CC=NC1. The fraction of sp³-hybridized carbons (Fsp3) is 0.231. The van der Waals surface area contributed by atoms with Crippen LogP contribution >= 0.6 is 0 Å². The Morgan fingerprint density at radius 1 is 1.41 bits per heavy atom. The fourth-order valence-corrected chi connectivity index (χ4v) is 1.50. The van der Waals surface area contributed by atoms with Crippen LogP contribution in [0.3, 0.4) is 0 Å². The van der Waals surface area contributed by atoms with E-state index >= 15 is 0 Å². The average Bonchev–Trinajstić information content (AvgIpc) is 2.40. The van der Waals surface area contributed by atoms with E-state index in [1.54, 1.807) is 18.3 Å². The molecule has 0 radical (unpaired) electrons. The smallest absolute Gasteiger partial charge is 0.340 e.